The first kappa shape index (κ1) is 16.7. The summed E-state index contributed by atoms with van der Waals surface area (Å²) in [5, 5.41) is 4.42. The highest BCUT2D eigenvalue weighted by molar-refractivity contribution is 7.88. The van der Waals surface area contributed by atoms with Crippen molar-refractivity contribution < 1.29 is 8.42 Å². The molecule has 1 aliphatic heterocycles. The summed E-state index contributed by atoms with van der Waals surface area (Å²) in [5.41, 5.74) is 5.22. The number of sulfonamides is 1. The lowest BCUT2D eigenvalue weighted by atomic mass is 9.98. The topological polar surface area (TPSA) is 75.5 Å². The lowest BCUT2D eigenvalue weighted by Gasteiger charge is -2.21. The van der Waals surface area contributed by atoms with Crippen molar-refractivity contribution in [2.24, 2.45) is 5.10 Å². The minimum Gasteiger partial charge on any atom is -0.253 e. The SMILES string of the molecule is Cc1ccc(C2=NN(S(C)(=O)=O)[C@@H](c3ccc4nccnc4c3)C2)cc1. The Morgan fingerprint density at radius 2 is 1.69 bits per heavy atom. The number of nitrogens with zero attached hydrogens (tertiary/aromatic N) is 4. The first-order chi connectivity index (χ1) is 12.4. The van der Waals surface area contributed by atoms with Crippen LogP contribution in [0.15, 0.2) is 60.0 Å². The van der Waals surface area contributed by atoms with Crippen molar-refractivity contribution in [3.63, 3.8) is 0 Å². The van der Waals surface area contributed by atoms with Gasteiger partial charge in [0.05, 0.1) is 29.0 Å². The molecule has 0 unspecified atom stereocenters. The van der Waals surface area contributed by atoms with E-state index in [0.29, 0.717) is 6.42 Å². The van der Waals surface area contributed by atoms with Crippen molar-refractivity contribution in [1.29, 1.82) is 0 Å². The van der Waals surface area contributed by atoms with Gasteiger partial charge in [-0.3, -0.25) is 9.97 Å². The van der Waals surface area contributed by atoms with Gasteiger partial charge in [0.1, 0.15) is 0 Å². The van der Waals surface area contributed by atoms with Gasteiger partial charge < -0.3 is 0 Å². The van der Waals surface area contributed by atoms with E-state index < -0.39 is 10.0 Å². The maximum Gasteiger partial charge on any atom is 0.247 e. The Labute approximate surface area is 152 Å². The Kier molecular flexibility index (Phi) is 3.96. The van der Waals surface area contributed by atoms with Crippen molar-refractivity contribution in [3.05, 3.63) is 71.5 Å². The van der Waals surface area contributed by atoms with Crippen LogP contribution in [0.5, 0.6) is 0 Å². The van der Waals surface area contributed by atoms with Gasteiger partial charge in [0, 0.05) is 18.8 Å². The van der Waals surface area contributed by atoms with E-state index in [1.165, 1.54) is 10.7 Å². The van der Waals surface area contributed by atoms with Crippen molar-refractivity contribution in [2.45, 2.75) is 19.4 Å². The van der Waals surface area contributed by atoms with Gasteiger partial charge in [0.25, 0.3) is 0 Å². The van der Waals surface area contributed by atoms with E-state index in [-0.39, 0.29) is 6.04 Å². The fourth-order valence-electron chi connectivity index (χ4n) is 3.15. The van der Waals surface area contributed by atoms with Crippen LogP contribution in [0, 0.1) is 6.92 Å². The van der Waals surface area contributed by atoms with Crippen molar-refractivity contribution in [1.82, 2.24) is 14.4 Å². The predicted molar refractivity (Wildman–Crippen MR) is 101 cm³/mol. The highest BCUT2D eigenvalue weighted by atomic mass is 32.2. The molecule has 4 rings (SSSR count). The summed E-state index contributed by atoms with van der Waals surface area (Å²) < 4.78 is 25.8. The van der Waals surface area contributed by atoms with Gasteiger partial charge in [-0.2, -0.15) is 9.52 Å². The summed E-state index contributed by atoms with van der Waals surface area (Å²) >= 11 is 0. The van der Waals surface area contributed by atoms with E-state index >= 15 is 0 Å². The lowest BCUT2D eigenvalue weighted by molar-refractivity contribution is 0.375. The Balaban J connectivity index is 1.76. The molecule has 6 nitrogen and oxygen atoms in total. The molecule has 2 aromatic carbocycles. The Morgan fingerprint density at radius 1 is 1.00 bits per heavy atom. The fourth-order valence-corrected chi connectivity index (χ4v) is 4.06. The summed E-state index contributed by atoms with van der Waals surface area (Å²) in [4.78, 5) is 8.58. The van der Waals surface area contributed by atoms with Crippen LogP contribution in [0.1, 0.15) is 29.2 Å². The minimum atomic E-state index is -3.49. The third-order valence-corrected chi connectivity index (χ3v) is 5.49. The highest BCUT2D eigenvalue weighted by Crippen LogP contribution is 2.35. The molecule has 1 aliphatic rings. The third kappa shape index (κ3) is 3.06. The Bertz CT molecular complexity index is 1110. The maximum absolute atomic E-state index is 12.3. The van der Waals surface area contributed by atoms with E-state index in [9.17, 15) is 8.42 Å². The number of hydrazone groups is 1. The molecule has 0 spiro atoms. The van der Waals surface area contributed by atoms with Crippen molar-refractivity contribution in [2.75, 3.05) is 6.26 Å². The number of hydrogen-bond donors (Lipinski definition) is 0. The zero-order valence-corrected chi connectivity index (χ0v) is 15.3. The molecular formula is C19H18N4O2S. The highest BCUT2D eigenvalue weighted by Gasteiger charge is 2.34. The standard InChI is InChI=1S/C19H18N4O2S/c1-13-3-5-14(6-4-13)17-12-19(23(22-17)26(2,24)25)15-7-8-16-18(11-15)21-10-9-20-16/h3-11,19H,12H2,1-2H3/t19-/m1/s1. The van der Waals surface area contributed by atoms with Crippen molar-refractivity contribution in [3.8, 4) is 0 Å². The molecule has 0 saturated heterocycles. The number of rotatable bonds is 3. The van der Waals surface area contributed by atoms with Gasteiger partial charge in [-0.15, -0.1) is 0 Å². The van der Waals surface area contributed by atoms with Gasteiger partial charge in [-0.05, 0) is 30.2 Å². The minimum absolute atomic E-state index is 0.382. The van der Waals surface area contributed by atoms with Crippen LogP contribution in [0.4, 0.5) is 0 Å². The molecule has 2 heterocycles. The van der Waals surface area contributed by atoms with Gasteiger partial charge in [-0.25, -0.2) is 8.42 Å². The molecule has 132 valence electrons. The van der Waals surface area contributed by atoms with E-state index in [4.69, 9.17) is 0 Å². The van der Waals surface area contributed by atoms with E-state index in [1.807, 2.05) is 49.4 Å². The van der Waals surface area contributed by atoms with Crippen molar-refractivity contribution >= 4 is 26.8 Å². The number of hydrogen-bond acceptors (Lipinski definition) is 5. The molecule has 1 atom stereocenters. The zero-order valence-electron chi connectivity index (χ0n) is 14.5. The monoisotopic (exact) mass is 366 g/mol. The molecule has 0 saturated carbocycles. The smallest absolute Gasteiger partial charge is 0.247 e. The third-order valence-electron chi connectivity index (χ3n) is 4.48. The molecule has 7 heteroatoms. The molecule has 0 fully saturated rings. The number of aryl methyl sites for hydroxylation is 1. The molecular weight excluding hydrogens is 348 g/mol. The van der Waals surface area contributed by atoms with Crippen LogP contribution in [-0.4, -0.2) is 34.8 Å². The Morgan fingerprint density at radius 3 is 2.38 bits per heavy atom. The lowest BCUT2D eigenvalue weighted by Crippen LogP contribution is -2.25. The molecule has 1 aromatic heterocycles. The first-order valence-electron chi connectivity index (χ1n) is 8.26. The van der Waals surface area contributed by atoms with Crippen LogP contribution in [0.25, 0.3) is 11.0 Å². The average molecular weight is 366 g/mol. The van der Waals surface area contributed by atoms with E-state index in [1.54, 1.807) is 12.4 Å². The summed E-state index contributed by atoms with van der Waals surface area (Å²) in [6, 6.07) is 13.2. The maximum atomic E-state index is 12.3. The van der Waals surface area contributed by atoms with Crippen LogP contribution >= 0.6 is 0 Å². The van der Waals surface area contributed by atoms with E-state index in [0.717, 1.165) is 33.4 Å². The summed E-state index contributed by atoms with van der Waals surface area (Å²) in [6.45, 7) is 2.02. The van der Waals surface area contributed by atoms with Crippen LogP contribution in [-0.2, 0) is 10.0 Å². The van der Waals surface area contributed by atoms with Gasteiger partial charge in [0.2, 0.25) is 10.0 Å². The predicted octanol–water partition coefficient (Wildman–Crippen LogP) is 3.05. The second-order valence-electron chi connectivity index (χ2n) is 6.47. The second kappa shape index (κ2) is 6.17. The normalized spacial score (nSPS) is 17.5. The molecule has 26 heavy (non-hydrogen) atoms. The van der Waals surface area contributed by atoms with Crippen LogP contribution < -0.4 is 0 Å². The molecule has 0 N–H and O–H groups in total. The molecule has 0 amide bonds. The fraction of sp³-hybridized carbons (Fsp3) is 0.211. The summed E-state index contributed by atoms with van der Waals surface area (Å²) in [6.07, 6.45) is 4.96. The second-order valence-corrected chi connectivity index (χ2v) is 8.31. The van der Waals surface area contributed by atoms with E-state index in [2.05, 4.69) is 15.1 Å². The Hall–Kier alpha value is -2.80. The number of aromatic nitrogens is 2. The van der Waals surface area contributed by atoms with Gasteiger partial charge in [0.15, 0.2) is 0 Å². The quantitative estimate of drug-likeness (QED) is 0.714. The molecule has 0 aliphatic carbocycles. The first-order valence-corrected chi connectivity index (χ1v) is 10.1. The average Bonchev–Trinajstić information content (AvgIpc) is 3.08. The molecule has 0 radical (unpaired) electrons. The molecule has 3 aromatic rings. The van der Waals surface area contributed by atoms with Gasteiger partial charge in [-0.1, -0.05) is 35.9 Å². The van der Waals surface area contributed by atoms with Crippen LogP contribution in [0.3, 0.4) is 0 Å². The van der Waals surface area contributed by atoms with Gasteiger partial charge >= 0.3 is 0 Å². The zero-order chi connectivity index (χ0) is 18.3. The number of fused-ring (bicyclic) bond motifs is 1. The summed E-state index contributed by atoms with van der Waals surface area (Å²) in [5.74, 6) is 0. The number of benzene rings is 2. The summed E-state index contributed by atoms with van der Waals surface area (Å²) in [7, 11) is -3.49. The largest absolute Gasteiger partial charge is 0.253 e. The van der Waals surface area contributed by atoms with Crippen LogP contribution in [0.2, 0.25) is 0 Å². The molecule has 0 bridgehead atoms.